The van der Waals surface area contributed by atoms with Gasteiger partial charge >= 0.3 is 5.97 Å². The molecule has 33 heavy (non-hydrogen) atoms. The number of hydroxylamine groups is 1. The Kier molecular flexibility index (Phi) is 6.61. The van der Waals surface area contributed by atoms with Crippen LogP contribution in [0.3, 0.4) is 0 Å². The first-order valence-electron chi connectivity index (χ1n) is 10.2. The van der Waals surface area contributed by atoms with Crippen molar-refractivity contribution in [3.63, 3.8) is 0 Å². The molecule has 3 aliphatic rings. The number of carboxylic acids is 1. The molecule has 0 radical (unpaired) electrons. The molecule has 0 aromatic heterocycles. The second-order valence-electron chi connectivity index (χ2n) is 7.98. The molecule has 1 saturated heterocycles. The molecule has 5 atom stereocenters. The van der Waals surface area contributed by atoms with Crippen LogP contribution >= 0.6 is 22.2 Å². The zero-order chi connectivity index (χ0) is 23.9. The van der Waals surface area contributed by atoms with Crippen LogP contribution in [0.15, 0.2) is 29.5 Å². The van der Waals surface area contributed by atoms with Crippen LogP contribution in [0.4, 0.5) is 0 Å². The number of nitrogens with one attached hydrogen (secondary N) is 2. The third-order valence-electron chi connectivity index (χ3n) is 5.72. The minimum atomic E-state index is -1.08. The molecule has 14 heteroatoms. The number of benzene rings is 1. The van der Waals surface area contributed by atoms with Crippen LogP contribution in [0, 0.1) is 5.21 Å². The lowest BCUT2D eigenvalue weighted by Crippen LogP contribution is -2.74. The fourth-order valence-corrected chi connectivity index (χ4v) is 6.66. The molecule has 5 unspecified atom stereocenters. The van der Waals surface area contributed by atoms with E-state index in [0.29, 0.717) is 22.6 Å². The van der Waals surface area contributed by atoms with Gasteiger partial charge in [-0.3, -0.25) is 14.5 Å². The highest BCUT2D eigenvalue weighted by molar-refractivity contribution is 8.16. The van der Waals surface area contributed by atoms with Gasteiger partial charge < -0.3 is 21.4 Å². The van der Waals surface area contributed by atoms with Crippen LogP contribution < -0.4 is 16.6 Å². The van der Waals surface area contributed by atoms with Gasteiger partial charge in [0, 0.05) is 7.05 Å². The third kappa shape index (κ3) is 4.55. The van der Waals surface area contributed by atoms with Crippen molar-refractivity contribution in [2.75, 3.05) is 19.1 Å². The number of nitrogens with two attached hydrogens (primary N) is 1. The molecular weight excluding hydrogens is 470 g/mol. The number of carbonyl (C=O) groups is 3. The zero-order valence-electron chi connectivity index (χ0n) is 18.0. The van der Waals surface area contributed by atoms with Crippen molar-refractivity contribution >= 4 is 45.0 Å². The lowest BCUT2D eigenvalue weighted by molar-refractivity contribution is -0.541. The summed E-state index contributed by atoms with van der Waals surface area (Å²) in [6.45, 7) is 0. The molecule has 1 aromatic carbocycles. The molecule has 4 rings (SSSR count). The van der Waals surface area contributed by atoms with E-state index >= 15 is 0 Å². The molecule has 3 heterocycles. The monoisotopic (exact) mass is 495 g/mol. The second-order valence-corrected chi connectivity index (χ2v) is 11.3. The van der Waals surface area contributed by atoms with Gasteiger partial charge in [0.1, 0.15) is 11.3 Å². The number of hydrogen-bond acceptors (Lipinski definition) is 9. The summed E-state index contributed by atoms with van der Waals surface area (Å²) in [6, 6.07) is 6.15. The van der Waals surface area contributed by atoms with Crippen LogP contribution in [0.5, 0.6) is 0 Å². The van der Waals surface area contributed by atoms with Crippen molar-refractivity contribution in [3.8, 4) is 0 Å². The summed E-state index contributed by atoms with van der Waals surface area (Å²) in [5.74, 6) is -1.10. The Hall–Kier alpha value is -2.68. The minimum Gasteiger partial charge on any atom is -0.694 e. The van der Waals surface area contributed by atoms with Gasteiger partial charge in [-0.15, -0.1) is 4.86 Å². The summed E-state index contributed by atoms with van der Waals surface area (Å²) >= 11 is 1.20. The summed E-state index contributed by atoms with van der Waals surface area (Å²) in [6.07, 6.45) is 2.52. The summed E-state index contributed by atoms with van der Waals surface area (Å²) in [7, 11) is 1.19. The van der Waals surface area contributed by atoms with E-state index in [9.17, 15) is 24.7 Å². The lowest BCUT2D eigenvalue weighted by atomic mass is 9.92. The lowest BCUT2D eigenvalue weighted by Gasteiger charge is -2.50. The molecule has 2 amide bonds. The Morgan fingerprint density at radius 2 is 2.27 bits per heavy atom. The molecule has 1 aromatic rings. The van der Waals surface area contributed by atoms with Gasteiger partial charge in [-0.1, -0.05) is 46.6 Å². The van der Waals surface area contributed by atoms with Crippen molar-refractivity contribution in [2.24, 2.45) is 11.0 Å². The number of aliphatic carboxylic acids is 1. The average Bonchev–Trinajstić information content (AvgIpc) is 3.09. The number of thioether (sulfide) groups is 1. The largest absolute Gasteiger partial charge is 0.694 e. The van der Waals surface area contributed by atoms with Gasteiger partial charge in [0.05, 0.1) is 17.8 Å². The average molecular weight is 496 g/mol. The molecule has 1 fully saturated rings. The Morgan fingerprint density at radius 3 is 2.94 bits per heavy atom. The predicted octanol–water partition coefficient (Wildman–Crippen LogP) is -0.257. The first kappa shape index (κ1) is 23.5. The molecule has 0 aliphatic carbocycles. The van der Waals surface area contributed by atoms with E-state index in [4.69, 9.17) is 5.73 Å². The molecular formula is C19H25N7O5S2. The van der Waals surface area contributed by atoms with Gasteiger partial charge in [0.25, 0.3) is 11.4 Å². The summed E-state index contributed by atoms with van der Waals surface area (Å²) in [4.78, 5) is 38.8. The molecule has 5 N–H and O–H groups in total. The Bertz CT molecular complexity index is 1060. The number of rotatable bonds is 7. The van der Waals surface area contributed by atoms with Crippen molar-refractivity contribution < 1.29 is 24.4 Å². The quantitative estimate of drug-likeness (QED) is 0.131. The van der Waals surface area contributed by atoms with E-state index < -0.39 is 33.4 Å². The fourth-order valence-electron chi connectivity index (χ4n) is 4.07. The Balaban J connectivity index is 1.37. The summed E-state index contributed by atoms with van der Waals surface area (Å²) < 4.78 is 0. The SMILES string of the molecule is CN1NN=[N+]([O-])C1SC(N)c1cccc(CC(=O)NC2C(=O)N3C(C(=O)O)=S(C)CCC23)c1. The highest BCUT2D eigenvalue weighted by atomic mass is 32.2. The van der Waals surface area contributed by atoms with Crippen molar-refractivity contribution in [3.05, 3.63) is 40.6 Å². The van der Waals surface area contributed by atoms with Crippen molar-refractivity contribution in [1.29, 1.82) is 0 Å². The van der Waals surface area contributed by atoms with E-state index in [-0.39, 0.29) is 29.3 Å². The highest BCUT2D eigenvalue weighted by Gasteiger charge is 2.52. The molecule has 3 aliphatic heterocycles. The Labute approximate surface area is 196 Å². The predicted molar refractivity (Wildman–Crippen MR) is 124 cm³/mol. The van der Waals surface area contributed by atoms with E-state index in [2.05, 4.69) is 16.1 Å². The van der Waals surface area contributed by atoms with Crippen LogP contribution in [0.2, 0.25) is 0 Å². The van der Waals surface area contributed by atoms with E-state index in [0.717, 1.165) is 5.56 Å². The number of fused-ring (bicyclic) bond motifs is 1. The molecule has 12 nitrogen and oxygen atoms in total. The van der Waals surface area contributed by atoms with Crippen LogP contribution in [0.25, 0.3) is 0 Å². The maximum Gasteiger partial charge on any atom is 0.358 e. The van der Waals surface area contributed by atoms with Gasteiger partial charge in [-0.25, -0.2) is 4.79 Å². The van der Waals surface area contributed by atoms with Crippen molar-refractivity contribution in [1.82, 2.24) is 20.8 Å². The number of carboxylic acid groups (broad SMARTS) is 1. The molecule has 0 spiro atoms. The van der Waals surface area contributed by atoms with Gasteiger partial charge in [0.2, 0.25) is 5.91 Å². The van der Waals surface area contributed by atoms with E-state index in [1.54, 1.807) is 25.2 Å². The Morgan fingerprint density at radius 1 is 1.52 bits per heavy atom. The second kappa shape index (κ2) is 9.29. The van der Waals surface area contributed by atoms with Gasteiger partial charge in [-0.2, -0.15) is 10.5 Å². The van der Waals surface area contributed by atoms with Crippen LogP contribution in [-0.4, -0.2) is 79.3 Å². The fraction of sp³-hybridized carbons (Fsp3) is 0.474. The van der Waals surface area contributed by atoms with E-state index in [1.165, 1.54) is 21.7 Å². The summed E-state index contributed by atoms with van der Waals surface area (Å²) in [5.41, 5.74) is 9.64. The zero-order valence-corrected chi connectivity index (χ0v) is 19.6. The topological polar surface area (TPSA) is 166 Å². The first-order chi connectivity index (χ1) is 15.7. The standard InChI is InChI=1S/C19H25N7O5S2/c1-24-19(26(31)23-22-24)32-15(20)11-5-3-4-10(8-11)9-13(27)21-14-12-6-7-33(2)17(18(29)30)25(12)16(14)28/h3-5,8,12,14-15,19,22H,6-7,9,20H2,1-2H3,(H,21,27)(H,29,30). The molecule has 0 bridgehead atoms. The van der Waals surface area contributed by atoms with Crippen molar-refractivity contribution in [2.45, 2.75) is 35.8 Å². The first-order valence-corrected chi connectivity index (χ1v) is 12.9. The molecule has 178 valence electrons. The normalized spacial score (nSPS) is 27.8. The maximum atomic E-state index is 12.6. The number of amides is 2. The highest BCUT2D eigenvalue weighted by Crippen LogP contribution is 2.34. The molecule has 0 saturated carbocycles. The van der Waals surface area contributed by atoms with Gasteiger partial charge in [-0.05, 0) is 29.6 Å². The third-order valence-corrected chi connectivity index (χ3v) is 8.91. The number of hydrazine groups is 1. The van der Waals surface area contributed by atoms with Crippen LogP contribution in [-0.2, 0) is 20.8 Å². The number of β-lactam (4-membered cyclic amide) rings is 1. The van der Waals surface area contributed by atoms with E-state index in [1.807, 2.05) is 12.3 Å². The number of carbonyl (C=O) groups excluding carboxylic acids is 2. The minimum absolute atomic E-state index is 0.0449. The smallest absolute Gasteiger partial charge is 0.358 e. The van der Waals surface area contributed by atoms with Gasteiger partial charge in [0.15, 0.2) is 4.99 Å². The summed E-state index contributed by atoms with van der Waals surface area (Å²) in [5, 5.41) is 28.5. The number of hydrogen-bond donors (Lipinski definition) is 4. The van der Waals surface area contributed by atoms with Crippen LogP contribution in [0.1, 0.15) is 22.9 Å². The number of nitrogens with zero attached hydrogens (tertiary/aromatic N) is 4. The maximum absolute atomic E-state index is 12.6.